The minimum atomic E-state index is 0.159. The van der Waals surface area contributed by atoms with Gasteiger partial charge in [0.2, 0.25) is 5.91 Å². The monoisotopic (exact) mass is 169 g/mol. The highest BCUT2D eigenvalue weighted by molar-refractivity contribution is 5.84. The molecule has 1 N–H and O–H groups in total. The molecule has 1 amide bonds. The van der Waals surface area contributed by atoms with E-state index in [0.29, 0.717) is 0 Å². The van der Waals surface area contributed by atoms with Crippen molar-refractivity contribution in [1.29, 1.82) is 0 Å². The van der Waals surface area contributed by atoms with Gasteiger partial charge in [0, 0.05) is 12.0 Å². The Labute approximate surface area is 74.7 Å². The lowest BCUT2D eigenvalue weighted by Gasteiger charge is -2.43. The molecule has 2 unspecified atom stereocenters. The maximum atomic E-state index is 10.8. The predicted octanol–water partition coefficient (Wildman–Crippen LogP) is 2.09. The van der Waals surface area contributed by atoms with Gasteiger partial charge in [0.25, 0.3) is 0 Å². The fourth-order valence-electron chi connectivity index (χ4n) is 1.88. The summed E-state index contributed by atoms with van der Waals surface area (Å²) in [5.41, 5.74) is 0.159. The molecule has 70 valence electrons. The van der Waals surface area contributed by atoms with Crippen molar-refractivity contribution in [1.82, 2.24) is 5.32 Å². The van der Waals surface area contributed by atoms with Crippen molar-refractivity contribution in [3.8, 4) is 0 Å². The number of amides is 1. The Balaban J connectivity index is 2.41. The predicted molar refractivity (Wildman–Crippen MR) is 49.9 cm³/mol. The number of nitrogens with one attached hydrogen (secondary N) is 1. The van der Waals surface area contributed by atoms with Crippen molar-refractivity contribution >= 4 is 5.91 Å². The van der Waals surface area contributed by atoms with E-state index in [-0.39, 0.29) is 11.4 Å². The van der Waals surface area contributed by atoms with Crippen LogP contribution in [0.4, 0.5) is 0 Å². The molecule has 0 aromatic heterocycles. The van der Waals surface area contributed by atoms with Gasteiger partial charge in [0.1, 0.15) is 0 Å². The summed E-state index contributed by atoms with van der Waals surface area (Å²) in [6.45, 7) is 6.61. The van der Waals surface area contributed by atoms with Crippen LogP contribution < -0.4 is 5.32 Å². The van der Waals surface area contributed by atoms with Crippen molar-refractivity contribution in [2.75, 3.05) is 0 Å². The van der Waals surface area contributed by atoms with E-state index < -0.39 is 0 Å². The molecule has 1 aliphatic heterocycles. The van der Waals surface area contributed by atoms with Crippen molar-refractivity contribution in [2.45, 2.75) is 52.0 Å². The number of carbonyl (C=O) groups excluding carboxylic acids is 1. The zero-order valence-corrected chi connectivity index (χ0v) is 8.31. The van der Waals surface area contributed by atoms with Crippen LogP contribution in [0.15, 0.2) is 0 Å². The van der Waals surface area contributed by atoms with Crippen LogP contribution in [-0.4, -0.2) is 11.4 Å². The molecule has 0 aromatic carbocycles. The van der Waals surface area contributed by atoms with Gasteiger partial charge >= 0.3 is 0 Å². The van der Waals surface area contributed by atoms with Crippen molar-refractivity contribution in [3.05, 3.63) is 0 Å². The number of hydrogen-bond acceptors (Lipinski definition) is 1. The Morgan fingerprint density at radius 1 is 1.58 bits per heavy atom. The third-order valence-corrected chi connectivity index (χ3v) is 3.02. The molecule has 0 spiro atoms. The molecule has 2 heteroatoms. The van der Waals surface area contributed by atoms with Crippen molar-refractivity contribution in [2.24, 2.45) is 5.92 Å². The molecule has 0 saturated carbocycles. The average molecular weight is 169 g/mol. The molecule has 1 rings (SSSR count). The highest BCUT2D eigenvalue weighted by atomic mass is 16.2. The zero-order chi connectivity index (χ0) is 9.19. The van der Waals surface area contributed by atoms with Gasteiger partial charge in [-0.3, -0.25) is 4.79 Å². The summed E-state index contributed by atoms with van der Waals surface area (Å²) in [6.07, 6.45) is 4.17. The van der Waals surface area contributed by atoms with E-state index in [1.54, 1.807) is 0 Å². The number of β-lactam (4-membered cyclic amide) rings is 1. The van der Waals surface area contributed by atoms with E-state index in [1.165, 1.54) is 6.42 Å². The fraction of sp³-hybridized carbons (Fsp3) is 0.900. The average Bonchev–Trinajstić information content (AvgIpc) is 2.01. The molecule has 0 bridgehead atoms. The smallest absolute Gasteiger partial charge is 0.222 e. The standard InChI is InChI=1S/C10H19NO/c1-4-8(3)6-10(5-2)7-9(12)11-10/h8H,4-7H2,1-3H3,(H,11,12). The van der Waals surface area contributed by atoms with Gasteiger partial charge in [0.15, 0.2) is 0 Å². The third kappa shape index (κ3) is 1.79. The van der Waals surface area contributed by atoms with Crippen LogP contribution in [0.5, 0.6) is 0 Å². The molecule has 0 aromatic rings. The topological polar surface area (TPSA) is 29.1 Å². The van der Waals surface area contributed by atoms with Crippen LogP contribution in [-0.2, 0) is 4.79 Å². The van der Waals surface area contributed by atoms with E-state index in [2.05, 4.69) is 26.1 Å². The molecule has 1 aliphatic rings. The molecular formula is C10H19NO. The fourth-order valence-corrected chi connectivity index (χ4v) is 1.88. The molecule has 1 fully saturated rings. The Bertz CT molecular complexity index is 169. The highest BCUT2D eigenvalue weighted by Crippen LogP contribution is 2.31. The Morgan fingerprint density at radius 3 is 2.50 bits per heavy atom. The van der Waals surface area contributed by atoms with Gasteiger partial charge in [0.05, 0.1) is 0 Å². The lowest BCUT2D eigenvalue weighted by atomic mass is 9.77. The molecule has 0 aliphatic carbocycles. The molecule has 1 heterocycles. The second-order valence-electron chi connectivity index (χ2n) is 4.08. The Kier molecular flexibility index (Phi) is 2.76. The normalized spacial score (nSPS) is 30.8. The van der Waals surface area contributed by atoms with Crippen molar-refractivity contribution < 1.29 is 4.79 Å². The van der Waals surface area contributed by atoms with E-state index in [1.807, 2.05) is 0 Å². The summed E-state index contributed by atoms with van der Waals surface area (Å²) in [5.74, 6) is 0.950. The van der Waals surface area contributed by atoms with Crippen LogP contribution in [0, 0.1) is 5.92 Å². The van der Waals surface area contributed by atoms with Crippen molar-refractivity contribution in [3.63, 3.8) is 0 Å². The second kappa shape index (κ2) is 3.46. The lowest BCUT2D eigenvalue weighted by molar-refractivity contribution is -0.133. The Morgan fingerprint density at radius 2 is 2.17 bits per heavy atom. The zero-order valence-electron chi connectivity index (χ0n) is 8.31. The molecular weight excluding hydrogens is 150 g/mol. The van der Waals surface area contributed by atoms with Gasteiger partial charge in [-0.05, 0) is 18.8 Å². The van der Waals surface area contributed by atoms with E-state index in [0.717, 1.165) is 25.2 Å². The molecule has 2 nitrogen and oxygen atoms in total. The molecule has 0 radical (unpaired) electrons. The van der Waals surface area contributed by atoms with E-state index in [4.69, 9.17) is 0 Å². The first-order valence-electron chi connectivity index (χ1n) is 4.93. The SMILES string of the molecule is CCC(C)CC1(CC)CC(=O)N1. The minimum absolute atomic E-state index is 0.159. The quantitative estimate of drug-likeness (QED) is 0.641. The molecule has 12 heavy (non-hydrogen) atoms. The van der Waals surface area contributed by atoms with Gasteiger partial charge < -0.3 is 5.32 Å². The van der Waals surface area contributed by atoms with Gasteiger partial charge in [-0.2, -0.15) is 0 Å². The first-order valence-corrected chi connectivity index (χ1v) is 4.93. The Hall–Kier alpha value is -0.530. The minimum Gasteiger partial charge on any atom is -0.350 e. The summed E-state index contributed by atoms with van der Waals surface area (Å²) >= 11 is 0. The van der Waals surface area contributed by atoms with Crippen LogP contribution in [0.25, 0.3) is 0 Å². The lowest BCUT2D eigenvalue weighted by Crippen LogP contribution is -2.61. The summed E-state index contributed by atoms with van der Waals surface area (Å²) < 4.78 is 0. The molecule has 1 saturated heterocycles. The largest absolute Gasteiger partial charge is 0.350 e. The van der Waals surface area contributed by atoms with Crippen LogP contribution in [0.1, 0.15) is 46.5 Å². The summed E-state index contributed by atoms with van der Waals surface area (Å²) in [6, 6.07) is 0. The number of carbonyl (C=O) groups is 1. The number of rotatable bonds is 4. The van der Waals surface area contributed by atoms with Gasteiger partial charge in [-0.15, -0.1) is 0 Å². The van der Waals surface area contributed by atoms with E-state index in [9.17, 15) is 4.79 Å². The highest BCUT2D eigenvalue weighted by Gasteiger charge is 2.41. The van der Waals surface area contributed by atoms with Gasteiger partial charge in [-0.1, -0.05) is 27.2 Å². The summed E-state index contributed by atoms with van der Waals surface area (Å²) in [7, 11) is 0. The summed E-state index contributed by atoms with van der Waals surface area (Å²) in [5, 5.41) is 3.03. The maximum Gasteiger partial charge on any atom is 0.222 e. The first-order chi connectivity index (χ1) is 5.62. The van der Waals surface area contributed by atoms with Gasteiger partial charge in [-0.25, -0.2) is 0 Å². The summed E-state index contributed by atoms with van der Waals surface area (Å²) in [4.78, 5) is 10.8. The first kappa shape index (κ1) is 9.56. The van der Waals surface area contributed by atoms with Crippen LogP contribution in [0.2, 0.25) is 0 Å². The van der Waals surface area contributed by atoms with E-state index >= 15 is 0 Å². The number of hydrogen-bond donors (Lipinski definition) is 1. The van der Waals surface area contributed by atoms with Crippen LogP contribution >= 0.6 is 0 Å². The second-order valence-corrected chi connectivity index (χ2v) is 4.08. The third-order valence-electron chi connectivity index (χ3n) is 3.02. The van der Waals surface area contributed by atoms with Crippen LogP contribution in [0.3, 0.4) is 0 Å². The maximum absolute atomic E-state index is 10.8. The molecule has 2 atom stereocenters.